The molecule has 7 nitrogen and oxygen atoms in total. The van der Waals surface area contributed by atoms with Crippen molar-refractivity contribution < 1.29 is 24.1 Å². The second-order valence-electron chi connectivity index (χ2n) is 9.41. The number of rotatable bonds is 9. The summed E-state index contributed by atoms with van der Waals surface area (Å²) in [6, 6.07) is 13.1. The number of halogens is 1. The zero-order chi connectivity index (χ0) is 24.7. The number of benzene rings is 2. The summed E-state index contributed by atoms with van der Waals surface area (Å²) in [6.45, 7) is 4.33. The Kier molecular flexibility index (Phi) is 8.89. The maximum atomic E-state index is 13.3. The molecule has 0 radical (unpaired) electrons. The quantitative estimate of drug-likeness (QED) is 0.561. The summed E-state index contributed by atoms with van der Waals surface area (Å²) in [5.74, 6) is 1.50. The lowest BCUT2D eigenvalue weighted by Crippen LogP contribution is -2.57. The van der Waals surface area contributed by atoms with Gasteiger partial charge in [-0.2, -0.15) is 0 Å². The highest BCUT2D eigenvalue weighted by atomic mass is 35.5. The SMILES string of the molecule is COc1ccc(CN2CCOC(COc3ccc(Cl)cc3)(CC(=O)N3CCCCC3)C2)cc1CO. The molecule has 8 heteroatoms. The second kappa shape index (κ2) is 12.1. The zero-order valence-electron chi connectivity index (χ0n) is 20.4. The monoisotopic (exact) mass is 502 g/mol. The number of amides is 1. The van der Waals surface area contributed by atoms with Crippen LogP contribution in [0.5, 0.6) is 11.5 Å². The molecule has 0 spiro atoms. The molecule has 35 heavy (non-hydrogen) atoms. The number of aliphatic hydroxyl groups excluding tert-OH is 1. The van der Waals surface area contributed by atoms with Crippen LogP contribution in [0.4, 0.5) is 0 Å². The smallest absolute Gasteiger partial charge is 0.225 e. The molecular weight excluding hydrogens is 468 g/mol. The number of ether oxygens (including phenoxy) is 3. The van der Waals surface area contributed by atoms with Gasteiger partial charge in [-0.05, 0) is 61.2 Å². The van der Waals surface area contributed by atoms with Gasteiger partial charge in [0.25, 0.3) is 0 Å². The zero-order valence-corrected chi connectivity index (χ0v) is 21.1. The van der Waals surface area contributed by atoms with Crippen LogP contribution in [-0.2, 0) is 22.7 Å². The summed E-state index contributed by atoms with van der Waals surface area (Å²) in [7, 11) is 1.60. The Balaban J connectivity index is 1.49. The lowest BCUT2D eigenvalue weighted by Gasteiger charge is -2.43. The molecule has 0 aromatic heterocycles. The van der Waals surface area contributed by atoms with Crippen molar-refractivity contribution in [1.29, 1.82) is 0 Å². The van der Waals surface area contributed by atoms with Crippen LogP contribution in [-0.4, -0.2) is 72.9 Å². The van der Waals surface area contributed by atoms with E-state index in [1.54, 1.807) is 19.2 Å². The Bertz CT molecular complexity index is 980. The molecule has 2 aliphatic rings. The highest BCUT2D eigenvalue weighted by Gasteiger charge is 2.41. The number of carbonyl (C=O) groups excluding carboxylic acids is 1. The van der Waals surface area contributed by atoms with Crippen molar-refractivity contribution in [3.05, 3.63) is 58.6 Å². The Labute approximate surface area is 212 Å². The van der Waals surface area contributed by atoms with Gasteiger partial charge in [-0.15, -0.1) is 0 Å². The van der Waals surface area contributed by atoms with Crippen molar-refractivity contribution in [3.63, 3.8) is 0 Å². The predicted molar refractivity (Wildman–Crippen MR) is 135 cm³/mol. The van der Waals surface area contributed by atoms with E-state index in [1.165, 1.54) is 6.42 Å². The first kappa shape index (κ1) is 25.8. The molecular formula is C27H35ClN2O5. The van der Waals surface area contributed by atoms with Gasteiger partial charge in [0.1, 0.15) is 23.7 Å². The van der Waals surface area contributed by atoms with E-state index >= 15 is 0 Å². The average molecular weight is 503 g/mol. The van der Waals surface area contributed by atoms with Crippen molar-refractivity contribution in [2.24, 2.45) is 0 Å². The fourth-order valence-electron chi connectivity index (χ4n) is 4.89. The standard InChI is InChI=1S/C27H35ClN2O5/c1-33-25-10-5-21(15-22(25)18-31)17-29-13-14-35-27(19-29,16-26(32)30-11-3-2-4-12-30)20-34-24-8-6-23(28)7-9-24/h5-10,15,31H,2-4,11-14,16-20H2,1H3. The van der Waals surface area contributed by atoms with E-state index < -0.39 is 5.60 Å². The van der Waals surface area contributed by atoms with Crippen LogP contribution in [0, 0.1) is 0 Å². The Morgan fingerprint density at radius 1 is 1.11 bits per heavy atom. The van der Waals surface area contributed by atoms with Crippen LogP contribution in [0.25, 0.3) is 0 Å². The third kappa shape index (κ3) is 6.88. The van der Waals surface area contributed by atoms with Crippen LogP contribution in [0.3, 0.4) is 0 Å². The number of hydrogen-bond donors (Lipinski definition) is 1. The van der Waals surface area contributed by atoms with Crippen molar-refractivity contribution in [3.8, 4) is 11.5 Å². The lowest BCUT2D eigenvalue weighted by molar-refractivity contribution is -0.157. The summed E-state index contributed by atoms with van der Waals surface area (Å²) in [5.41, 5.74) is 1.08. The topological polar surface area (TPSA) is 71.5 Å². The van der Waals surface area contributed by atoms with E-state index in [9.17, 15) is 9.90 Å². The predicted octanol–water partition coefficient (Wildman–Crippen LogP) is 3.89. The van der Waals surface area contributed by atoms with E-state index in [1.807, 2.05) is 35.2 Å². The maximum Gasteiger partial charge on any atom is 0.225 e. The van der Waals surface area contributed by atoms with E-state index in [2.05, 4.69) is 4.90 Å². The van der Waals surface area contributed by atoms with Crippen molar-refractivity contribution in [1.82, 2.24) is 9.80 Å². The number of aliphatic hydroxyl groups is 1. The third-order valence-electron chi connectivity index (χ3n) is 6.75. The Morgan fingerprint density at radius 2 is 1.89 bits per heavy atom. The van der Waals surface area contributed by atoms with Crippen molar-refractivity contribution in [2.75, 3.05) is 46.5 Å². The fraction of sp³-hybridized carbons (Fsp3) is 0.519. The Morgan fingerprint density at radius 3 is 2.60 bits per heavy atom. The number of nitrogens with zero attached hydrogens (tertiary/aromatic N) is 2. The molecule has 0 bridgehead atoms. The van der Waals surface area contributed by atoms with Gasteiger partial charge < -0.3 is 24.2 Å². The molecule has 1 atom stereocenters. The molecule has 4 rings (SSSR count). The van der Waals surface area contributed by atoms with Gasteiger partial charge in [0.2, 0.25) is 5.91 Å². The van der Waals surface area contributed by atoms with E-state index in [-0.39, 0.29) is 25.5 Å². The Hall–Kier alpha value is -2.32. The molecule has 2 aromatic rings. The summed E-state index contributed by atoms with van der Waals surface area (Å²) < 4.78 is 17.8. The molecule has 2 heterocycles. The molecule has 2 saturated heterocycles. The van der Waals surface area contributed by atoms with Gasteiger partial charge in [-0.1, -0.05) is 17.7 Å². The molecule has 0 aliphatic carbocycles. The molecule has 2 aliphatic heterocycles. The normalized spacial score (nSPS) is 21.1. The molecule has 1 amide bonds. The van der Waals surface area contributed by atoms with E-state index in [4.69, 9.17) is 25.8 Å². The van der Waals surface area contributed by atoms with E-state index in [0.717, 1.165) is 43.6 Å². The first-order chi connectivity index (χ1) is 17.0. The number of methoxy groups -OCH3 is 1. The first-order valence-electron chi connectivity index (χ1n) is 12.3. The number of hydrogen-bond acceptors (Lipinski definition) is 6. The second-order valence-corrected chi connectivity index (χ2v) is 9.84. The molecule has 190 valence electrons. The maximum absolute atomic E-state index is 13.3. The largest absolute Gasteiger partial charge is 0.496 e. The van der Waals surface area contributed by atoms with Gasteiger partial charge in [-0.25, -0.2) is 0 Å². The highest BCUT2D eigenvalue weighted by Crippen LogP contribution is 2.28. The third-order valence-corrected chi connectivity index (χ3v) is 7.00. The van der Waals surface area contributed by atoms with Crippen LogP contribution >= 0.6 is 11.6 Å². The number of carbonyl (C=O) groups is 1. The molecule has 2 fully saturated rings. The van der Waals surface area contributed by atoms with Crippen LogP contribution in [0.2, 0.25) is 5.02 Å². The molecule has 1 N–H and O–H groups in total. The molecule has 2 aromatic carbocycles. The van der Waals surface area contributed by atoms with Crippen LogP contribution < -0.4 is 9.47 Å². The minimum Gasteiger partial charge on any atom is -0.496 e. The van der Waals surface area contributed by atoms with Gasteiger partial charge in [0.15, 0.2) is 0 Å². The number of likely N-dealkylation sites (tertiary alicyclic amines) is 1. The van der Waals surface area contributed by atoms with Crippen molar-refractivity contribution >= 4 is 17.5 Å². The van der Waals surface area contributed by atoms with Gasteiger partial charge >= 0.3 is 0 Å². The minimum atomic E-state index is -0.751. The molecule has 0 saturated carbocycles. The lowest BCUT2D eigenvalue weighted by atomic mass is 9.95. The first-order valence-corrected chi connectivity index (χ1v) is 12.7. The number of piperidine rings is 1. The molecule has 1 unspecified atom stereocenters. The summed E-state index contributed by atoms with van der Waals surface area (Å²) in [6.07, 6.45) is 3.56. The van der Waals surface area contributed by atoms with Gasteiger partial charge in [-0.3, -0.25) is 9.69 Å². The minimum absolute atomic E-state index is 0.0800. The van der Waals surface area contributed by atoms with Crippen molar-refractivity contribution in [2.45, 2.75) is 44.4 Å². The summed E-state index contributed by atoms with van der Waals surface area (Å²) >= 11 is 6.02. The fourth-order valence-corrected chi connectivity index (χ4v) is 5.02. The van der Waals surface area contributed by atoms with Crippen LogP contribution in [0.15, 0.2) is 42.5 Å². The van der Waals surface area contributed by atoms with E-state index in [0.29, 0.717) is 36.2 Å². The summed E-state index contributed by atoms with van der Waals surface area (Å²) in [5, 5.41) is 10.3. The highest BCUT2D eigenvalue weighted by molar-refractivity contribution is 6.30. The summed E-state index contributed by atoms with van der Waals surface area (Å²) in [4.78, 5) is 17.5. The van der Waals surface area contributed by atoms with Crippen LogP contribution in [0.1, 0.15) is 36.8 Å². The van der Waals surface area contributed by atoms with Gasteiger partial charge in [0, 0.05) is 43.3 Å². The average Bonchev–Trinajstić information content (AvgIpc) is 2.89. The number of morpholine rings is 1. The van der Waals surface area contributed by atoms with Gasteiger partial charge in [0.05, 0.1) is 26.7 Å².